The van der Waals surface area contributed by atoms with Crippen molar-refractivity contribution < 1.29 is 23.1 Å². The van der Waals surface area contributed by atoms with Crippen LogP contribution in [0.25, 0.3) is 11.4 Å². The summed E-state index contributed by atoms with van der Waals surface area (Å²) in [5.41, 5.74) is 7.82. The van der Waals surface area contributed by atoms with Crippen molar-refractivity contribution in [1.29, 1.82) is 0 Å². The fourth-order valence-corrected chi connectivity index (χ4v) is 2.99. The number of nitrogens with one attached hydrogen (secondary N) is 1. The highest BCUT2D eigenvalue weighted by Gasteiger charge is 2.34. The quantitative estimate of drug-likeness (QED) is 0.509. The maximum absolute atomic E-state index is 13.0. The van der Waals surface area contributed by atoms with E-state index >= 15 is 0 Å². The van der Waals surface area contributed by atoms with Crippen molar-refractivity contribution in [1.82, 2.24) is 4.57 Å². The molecule has 0 aliphatic carbocycles. The molecule has 0 spiro atoms. The van der Waals surface area contributed by atoms with Crippen LogP contribution >= 0.6 is 11.6 Å². The van der Waals surface area contributed by atoms with E-state index in [0.717, 1.165) is 16.7 Å². The van der Waals surface area contributed by atoms with Crippen LogP contribution in [0.2, 0.25) is 5.02 Å². The molecule has 0 aliphatic rings. The van der Waals surface area contributed by atoms with Gasteiger partial charge < -0.3 is 15.4 Å². The van der Waals surface area contributed by atoms with Crippen LogP contribution in [-0.2, 0) is 12.7 Å². The average molecular weight is 424 g/mol. The number of carbonyl (C=O) groups is 1. The number of hydrogen-bond acceptors (Lipinski definition) is 1. The van der Waals surface area contributed by atoms with Gasteiger partial charge in [-0.15, -0.1) is 6.54 Å². The van der Waals surface area contributed by atoms with Crippen LogP contribution in [0.1, 0.15) is 32.9 Å². The molecule has 8 heteroatoms. The first-order chi connectivity index (χ1) is 13.6. The van der Waals surface area contributed by atoms with E-state index in [4.69, 9.17) is 22.4 Å². The molecular formula is C21H19ClF3N2O2-. The smallest absolute Gasteiger partial charge is 0.418 e. The monoisotopic (exact) mass is 423 g/mol. The number of aromatic nitrogens is 1. The minimum Gasteiger partial charge on any atom is -0.674 e. The fourth-order valence-electron chi connectivity index (χ4n) is 2.86. The lowest BCUT2D eigenvalue weighted by molar-refractivity contribution is -0.137. The van der Waals surface area contributed by atoms with Crippen LogP contribution in [0.4, 0.5) is 13.2 Å². The molecule has 0 radical (unpaired) electrons. The number of alkyl halides is 3. The molecule has 1 aromatic heterocycles. The van der Waals surface area contributed by atoms with E-state index in [-0.39, 0.29) is 16.9 Å². The van der Waals surface area contributed by atoms with E-state index in [1.807, 2.05) is 12.1 Å². The lowest BCUT2D eigenvalue weighted by atomic mass is 10.1. The number of carboxylic acid groups (broad SMARTS) is 1. The highest BCUT2D eigenvalue weighted by Crippen LogP contribution is 2.35. The number of carboxylic acids is 1. The molecule has 0 fully saturated rings. The fraction of sp³-hybridized carbons (Fsp3) is 0.190. The summed E-state index contributed by atoms with van der Waals surface area (Å²) in [4.78, 5) is 11.1. The second-order valence-electron chi connectivity index (χ2n) is 6.24. The second kappa shape index (κ2) is 9.15. The van der Waals surface area contributed by atoms with Gasteiger partial charge in [-0.05, 0) is 44.2 Å². The van der Waals surface area contributed by atoms with Gasteiger partial charge in [0.1, 0.15) is 0 Å². The first-order valence-electron chi connectivity index (χ1n) is 8.54. The van der Waals surface area contributed by atoms with Gasteiger partial charge in [-0.1, -0.05) is 41.4 Å². The maximum atomic E-state index is 13.0. The normalized spacial score (nSPS) is 11.0. The van der Waals surface area contributed by atoms with Crippen molar-refractivity contribution in [3.63, 3.8) is 0 Å². The molecule has 0 bridgehead atoms. The van der Waals surface area contributed by atoms with Crippen molar-refractivity contribution in [2.75, 3.05) is 0 Å². The van der Waals surface area contributed by atoms with E-state index in [1.54, 1.807) is 19.1 Å². The molecule has 3 rings (SSSR count). The molecule has 2 aromatic carbocycles. The molecule has 0 aliphatic heterocycles. The van der Waals surface area contributed by atoms with Gasteiger partial charge in [-0.2, -0.15) is 13.2 Å². The van der Waals surface area contributed by atoms with E-state index in [2.05, 4.69) is 0 Å². The number of nitrogens with zero attached hydrogens (tertiary/aromatic N) is 1. The van der Waals surface area contributed by atoms with Gasteiger partial charge in [-0.3, -0.25) is 0 Å². The summed E-state index contributed by atoms with van der Waals surface area (Å²) < 4.78 is 40.4. The molecule has 0 saturated heterocycles. The van der Waals surface area contributed by atoms with Crippen LogP contribution in [0.15, 0.2) is 54.6 Å². The van der Waals surface area contributed by atoms with Crippen molar-refractivity contribution in [3.8, 4) is 5.69 Å². The number of aryl methyl sites for hydroxylation is 1. The number of para-hydroxylation sites is 1. The lowest BCUT2D eigenvalue weighted by Gasteiger charge is -2.16. The predicted molar refractivity (Wildman–Crippen MR) is 107 cm³/mol. The second-order valence-corrected chi connectivity index (χ2v) is 6.68. The van der Waals surface area contributed by atoms with Crippen LogP contribution in [0.5, 0.6) is 0 Å². The van der Waals surface area contributed by atoms with Crippen molar-refractivity contribution in [2.45, 2.75) is 26.6 Å². The Labute approximate surface area is 171 Å². The summed E-state index contributed by atoms with van der Waals surface area (Å²) in [5, 5.41) is 9.77. The Morgan fingerprint density at radius 2 is 1.69 bits per heavy atom. The summed E-state index contributed by atoms with van der Waals surface area (Å²) in [5.74, 6) is -1.16. The maximum Gasteiger partial charge on any atom is 0.418 e. The van der Waals surface area contributed by atoms with Gasteiger partial charge in [0.2, 0.25) is 0 Å². The van der Waals surface area contributed by atoms with Gasteiger partial charge in [0.15, 0.2) is 0 Å². The molecule has 0 amide bonds. The SMILES string of the molecule is Cc1cc(C(=O)O)c(C)n1-c1ccccc1C(F)(F)F.[NH-]Cc1ccc(Cl)cc1. The molecule has 0 atom stereocenters. The molecule has 4 nitrogen and oxygen atoms in total. The zero-order valence-corrected chi connectivity index (χ0v) is 16.5. The lowest BCUT2D eigenvalue weighted by Crippen LogP contribution is -2.12. The van der Waals surface area contributed by atoms with Crippen LogP contribution in [0, 0.1) is 13.8 Å². The largest absolute Gasteiger partial charge is 0.674 e. The van der Waals surface area contributed by atoms with Crippen LogP contribution in [-0.4, -0.2) is 15.6 Å². The molecule has 0 saturated carbocycles. The Morgan fingerprint density at radius 3 is 2.17 bits per heavy atom. The Kier molecular flexibility index (Phi) is 7.11. The van der Waals surface area contributed by atoms with E-state index < -0.39 is 17.7 Å². The van der Waals surface area contributed by atoms with E-state index in [1.165, 1.54) is 35.8 Å². The van der Waals surface area contributed by atoms with Crippen molar-refractivity contribution in [3.05, 3.63) is 93.4 Å². The summed E-state index contributed by atoms with van der Waals surface area (Å²) in [6.45, 7) is 3.40. The number of halogens is 4. The summed E-state index contributed by atoms with van der Waals surface area (Å²) in [7, 11) is 0. The minimum atomic E-state index is -4.50. The summed E-state index contributed by atoms with van der Waals surface area (Å²) in [6.07, 6.45) is -4.50. The molecule has 154 valence electrons. The van der Waals surface area contributed by atoms with Gasteiger partial charge in [0, 0.05) is 16.4 Å². The third-order valence-corrected chi connectivity index (χ3v) is 4.48. The van der Waals surface area contributed by atoms with Gasteiger partial charge in [0.25, 0.3) is 0 Å². The number of hydrogen-bond donors (Lipinski definition) is 1. The van der Waals surface area contributed by atoms with Crippen LogP contribution < -0.4 is 0 Å². The zero-order chi connectivity index (χ0) is 21.8. The summed E-state index contributed by atoms with van der Waals surface area (Å²) >= 11 is 5.61. The first kappa shape index (κ1) is 22.5. The highest BCUT2D eigenvalue weighted by atomic mass is 35.5. The van der Waals surface area contributed by atoms with Crippen LogP contribution in [0.3, 0.4) is 0 Å². The molecule has 29 heavy (non-hydrogen) atoms. The number of aromatic carboxylic acids is 1. The first-order valence-corrected chi connectivity index (χ1v) is 8.92. The highest BCUT2D eigenvalue weighted by molar-refractivity contribution is 6.30. The average Bonchev–Trinajstić information content (AvgIpc) is 2.96. The summed E-state index contributed by atoms with van der Waals surface area (Å²) in [6, 6.07) is 13.8. The third-order valence-electron chi connectivity index (χ3n) is 4.23. The Bertz CT molecular complexity index is 996. The topological polar surface area (TPSA) is 66.0 Å². The molecule has 0 unspecified atom stereocenters. The van der Waals surface area contributed by atoms with Gasteiger partial charge in [0.05, 0.1) is 16.8 Å². The van der Waals surface area contributed by atoms with Gasteiger partial charge >= 0.3 is 12.1 Å². The number of rotatable bonds is 3. The molecule has 3 aromatic rings. The van der Waals surface area contributed by atoms with E-state index in [9.17, 15) is 18.0 Å². The Balaban J connectivity index is 0.000000278. The predicted octanol–water partition coefficient (Wildman–Crippen LogP) is 6.70. The molecule has 1 heterocycles. The third kappa shape index (κ3) is 5.40. The zero-order valence-electron chi connectivity index (χ0n) is 15.7. The van der Waals surface area contributed by atoms with E-state index in [0.29, 0.717) is 12.2 Å². The molecule has 2 N–H and O–H groups in total. The van der Waals surface area contributed by atoms with Gasteiger partial charge in [-0.25, -0.2) is 4.79 Å². The minimum absolute atomic E-state index is 0.000484. The van der Waals surface area contributed by atoms with Crippen molar-refractivity contribution in [2.24, 2.45) is 0 Å². The Hall–Kier alpha value is -2.77. The standard InChI is InChI=1S/C14H12F3NO2.C7H7ClN/c1-8-7-10(13(19)20)9(2)18(8)12-6-4-3-5-11(12)14(15,16)17;8-7-3-1-6(5-9)2-4-7/h3-7H,1-2H3,(H,19,20);1-4,9H,5H2/q;-1. The number of benzene rings is 2. The van der Waals surface area contributed by atoms with Crippen molar-refractivity contribution >= 4 is 17.6 Å². The Morgan fingerprint density at radius 1 is 1.10 bits per heavy atom. The molecular weight excluding hydrogens is 405 g/mol.